The zero-order chi connectivity index (χ0) is 17.7. The van der Waals surface area contributed by atoms with Gasteiger partial charge in [0.15, 0.2) is 5.96 Å². The van der Waals surface area contributed by atoms with Crippen molar-refractivity contribution < 1.29 is 4.39 Å². The van der Waals surface area contributed by atoms with Crippen LogP contribution in [0.4, 0.5) is 4.39 Å². The maximum absolute atomic E-state index is 13.8. The van der Waals surface area contributed by atoms with Crippen LogP contribution in [0.1, 0.15) is 29.4 Å². The lowest BCUT2D eigenvalue weighted by Crippen LogP contribution is -2.37. The average molecular weight is 396 g/mol. The molecule has 1 aromatic heterocycles. The Kier molecular flexibility index (Phi) is 6.36. The fourth-order valence-electron chi connectivity index (χ4n) is 2.42. The molecular formula is C17H23BrFN5. The van der Waals surface area contributed by atoms with Crippen molar-refractivity contribution in [2.24, 2.45) is 12.0 Å². The van der Waals surface area contributed by atoms with Gasteiger partial charge in [0.05, 0.1) is 12.2 Å². The topological polar surface area (TPSA) is 54.2 Å². The third-order valence-corrected chi connectivity index (χ3v) is 4.34. The van der Waals surface area contributed by atoms with E-state index < -0.39 is 0 Å². The largest absolute Gasteiger partial charge is 0.357 e. The number of benzene rings is 1. The van der Waals surface area contributed by atoms with Crippen LogP contribution in [-0.4, -0.2) is 22.3 Å². The Morgan fingerprint density at radius 2 is 2.08 bits per heavy atom. The van der Waals surface area contributed by atoms with E-state index in [0.717, 1.165) is 28.0 Å². The van der Waals surface area contributed by atoms with Crippen molar-refractivity contribution >= 4 is 21.9 Å². The highest BCUT2D eigenvalue weighted by Gasteiger charge is 2.10. The highest BCUT2D eigenvalue weighted by molar-refractivity contribution is 9.10. The van der Waals surface area contributed by atoms with Crippen molar-refractivity contribution in [1.82, 2.24) is 20.4 Å². The number of aryl methyl sites for hydroxylation is 2. The van der Waals surface area contributed by atoms with Crippen LogP contribution in [0.15, 0.2) is 27.7 Å². The number of aromatic nitrogens is 2. The van der Waals surface area contributed by atoms with Gasteiger partial charge in [0, 0.05) is 41.4 Å². The summed E-state index contributed by atoms with van der Waals surface area (Å²) in [7, 11) is 1.93. The van der Waals surface area contributed by atoms with Crippen molar-refractivity contribution in [3.8, 4) is 0 Å². The molecule has 130 valence electrons. The fourth-order valence-corrected chi connectivity index (χ4v) is 2.82. The van der Waals surface area contributed by atoms with Crippen LogP contribution in [0.2, 0.25) is 0 Å². The number of halogens is 2. The van der Waals surface area contributed by atoms with Crippen LogP contribution in [0.5, 0.6) is 0 Å². The molecule has 0 atom stereocenters. The highest BCUT2D eigenvalue weighted by Crippen LogP contribution is 2.16. The Bertz CT molecular complexity index is 739. The number of nitrogens with zero attached hydrogens (tertiary/aromatic N) is 3. The molecule has 1 aromatic carbocycles. The van der Waals surface area contributed by atoms with E-state index in [1.54, 1.807) is 12.1 Å². The number of aliphatic imine (C=N–C) groups is 1. The van der Waals surface area contributed by atoms with Gasteiger partial charge in [-0.1, -0.05) is 15.9 Å². The van der Waals surface area contributed by atoms with E-state index in [4.69, 9.17) is 0 Å². The summed E-state index contributed by atoms with van der Waals surface area (Å²) in [6.45, 7) is 7.65. The minimum absolute atomic E-state index is 0.253. The Hall–Kier alpha value is -1.89. The van der Waals surface area contributed by atoms with Crippen molar-refractivity contribution in [3.63, 3.8) is 0 Å². The quantitative estimate of drug-likeness (QED) is 0.603. The van der Waals surface area contributed by atoms with Gasteiger partial charge in [-0.15, -0.1) is 0 Å². The van der Waals surface area contributed by atoms with Crippen LogP contribution in [-0.2, 0) is 20.1 Å². The van der Waals surface area contributed by atoms with Gasteiger partial charge in [-0.25, -0.2) is 9.38 Å². The van der Waals surface area contributed by atoms with E-state index in [-0.39, 0.29) is 12.4 Å². The van der Waals surface area contributed by atoms with E-state index in [0.29, 0.717) is 18.1 Å². The highest BCUT2D eigenvalue weighted by atomic mass is 79.9. The van der Waals surface area contributed by atoms with E-state index in [1.807, 2.05) is 32.5 Å². The molecule has 2 aromatic rings. The number of rotatable bonds is 5. The molecule has 0 aliphatic carbocycles. The molecule has 0 unspecified atom stereocenters. The van der Waals surface area contributed by atoms with Crippen molar-refractivity contribution in [2.75, 3.05) is 6.54 Å². The summed E-state index contributed by atoms with van der Waals surface area (Å²) in [5, 5.41) is 10.9. The molecule has 0 saturated heterocycles. The number of hydrogen-bond donors (Lipinski definition) is 2. The first-order chi connectivity index (χ1) is 11.4. The standard InChI is InChI=1S/C17H23BrFN5/c1-5-20-17(21-9-13-8-14(18)6-7-16(13)19)22-10-15-11(2)23-24(4)12(15)3/h6-8H,5,9-10H2,1-4H3,(H2,20,21,22). The molecule has 24 heavy (non-hydrogen) atoms. The van der Waals surface area contributed by atoms with Crippen LogP contribution in [0.25, 0.3) is 0 Å². The zero-order valence-corrected chi connectivity index (χ0v) is 16.0. The molecule has 0 spiro atoms. The molecule has 2 rings (SSSR count). The second-order valence-electron chi connectivity index (χ2n) is 5.56. The molecule has 0 aliphatic rings. The Morgan fingerprint density at radius 1 is 1.33 bits per heavy atom. The van der Waals surface area contributed by atoms with Crippen LogP contribution < -0.4 is 10.6 Å². The summed E-state index contributed by atoms with van der Waals surface area (Å²) in [5.74, 6) is 0.399. The number of guanidine groups is 1. The van der Waals surface area contributed by atoms with E-state index >= 15 is 0 Å². The summed E-state index contributed by atoms with van der Waals surface area (Å²) in [6.07, 6.45) is 0. The van der Waals surface area contributed by atoms with Crippen LogP contribution >= 0.6 is 15.9 Å². The van der Waals surface area contributed by atoms with Crippen molar-refractivity contribution in [1.29, 1.82) is 0 Å². The van der Waals surface area contributed by atoms with Crippen LogP contribution in [0, 0.1) is 19.7 Å². The smallest absolute Gasteiger partial charge is 0.191 e. The molecule has 0 aliphatic heterocycles. The first-order valence-electron chi connectivity index (χ1n) is 7.87. The minimum Gasteiger partial charge on any atom is -0.357 e. The summed E-state index contributed by atoms with van der Waals surface area (Å²) in [4.78, 5) is 4.47. The summed E-state index contributed by atoms with van der Waals surface area (Å²) >= 11 is 3.36. The normalized spacial score (nSPS) is 11.7. The third-order valence-electron chi connectivity index (χ3n) is 3.85. The van der Waals surface area contributed by atoms with Crippen molar-refractivity contribution in [2.45, 2.75) is 33.9 Å². The summed E-state index contributed by atoms with van der Waals surface area (Å²) in [6, 6.07) is 4.87. The van der Waals surface area contributed by atoms with Gasteiger partial charge >= 0.3 is 0 Å². The summed E-state index contributed by atoms with van der Waals surface area (Å²) in [5.41, 5.74) is 3.82. The Labute approximate surface area is 150 Å². The first-order valence-corrected chi connectivity index (χ1v) is 8.66. The summed E-state index contributed by atoms with van der Waals surface area (Å²) < 4.78 is 16.5. The fraction of sp³-hybridized carbons (Fsp3) is 0.412. The predicted molar refractivity (Wildman–Crippen MR) is 98.4 cm³/mol. The van der Waals surface area contributed by atoms with Gasteiger partial charge < -0.3 is 10.6 Å². The van der Waals surface area contributed by atoms with Gasteiger partial charge in [-0.2, -0.15) is 5.10 Å². The molecule has 1 heterocycles. The van der Waals surface area contributed by atoms with Gasteiger partial charge in [0.25, 0.3) is 0 Å². The lowest BCUT2D eigenvalue weighted by atomic mass is 10.2. The predicted octanol–water partition coefficient (Wildman–Crippen LogP) is 3.19. The Morgan fingerprint density at radius 3 is 2.71 bits per heavy atom. The monoisotopic (exact) mass is 395 g/mol. The first kappa shape index (κ1) is 18.4. The average Bonchev–Trinajstić information content (AvgIpc) is 2.78. The molecule has 0 fully saturated rings. The number of hydrogen-bond acceptors (Lipinski definition) is 2. The SMILES string of the molecule is CCNC(=NCc1cc(Br)ccc1F)NCc1c(C)nn(C)c1C. The van der Waals surface area contributed by atoms with E-state index in [1.165, 1.54) is 6.07 Å². The van der Waals surface area contributed by atoms with Gasteiger partial charge in [0.2, 0.25) is 0 Å². The zero-order valence-electron chi connectivity index (χ0n) is 14.5. The molecule has 0 bridgehead atoms. The van der Waals surface area contributed by atoms with E-state index in [2.05, 4.69) is 36.7 Å². The molecule has 0 saturated carbocycles. The van der Waals surface area contributed by atoms with Gasteiger partial charge in [-0.05, 0) is 39.0 Å². The molecule has 7 heteroatoms. The third kappa shape index (κ3) is 4.56. The van der Waals surface area contributed by atoms with Gasteiger partial charge in [-0.3, -0.25) is 4.68 Å². The second-order valence-corrected chi connectivity index (χ2v) is 6.47. The Balaban J connectivity index is 2.09. The van der Waals surface area contributed by atoms with E-state index in [9.17, 15) is 4.39 Å². The molecule has 2 N–H and O–H groups in total. The van der Waals surface area contributed by atoms with Crippen LogP contribution in [0.3, 0.4) is 0 Å². The second kappa shape index (κ2) is 8.28. The lowest BCUT2D eigenvalue weighted by molar-refractivity contribution is 0.610. The lowest BCUT2D eigenvalue weighted by Gasteiger charge is -2.12. The van der Waals surface area contributed by atoms with Gasteiger partial charge in [0.1, 0.15) is 5.82 Å². The maximum atomic E-state index is 13.8. The molecular weight excluding hydrogens is 373 g/mol. The number of nitrogens with one attached hydrogen (secondary N) is 2. The molecule has 0 radical (unpaired) electrons. The molecule has 0 amide bonds. The van der Waals surface area contributed by atoms with Crippen molar-refractivity contribution in [3.05, 3.63) is 51.0 Å². The minimum atomic E-state index is -0.253. The maximum Gasteiger partial charge on any atom is 0.191 e. The molecule has 5 nitrogen and oxygen atoms in total.